The summed E-state index contributed by atoms with van der Waals surface area (Å²) in [5, 5.41) is 17.3. The number of hydrogen-bond donors (Lipinski definition) is 3. The van der Waals surface area contributed by atoms with Crippen LogP contribution in [0, 0.1) is 6.92 Å². The van der Waals surface area contributed by atoms with Gasteiger partial charge >= 0.3 is 5.97 Å². The van der Waals surface area contributed by atoms with Gasteiger partial charge in [-0.2, -0.15) is 5.10 Å². The van der Waals surface area contributed by atoms with Crippen molar-refractivity contribution in [3.05, 3.63) is 41.6 Å². The molecule has 0 bridgehead atoms. The van der Waals surface area contributed by atoms with Crippen molar-refractivity contribution >= 4 is 11.9 Å². The maximum atomic E-state index is 12.3. The number of nitrogens with zero attached hydrogens (tertiary/aromatic N) is 1. The van der Waals surface area contributed by atoms with Crippen LogP contribution in [0.4, 0.5) is 8.78 Å². The van der Waals surface area contributed by atoms with Gasteiger partial charge in [0.2, 0.25) is 6.43 Å². The summed E-state index contributed by atoms with van der Waals surface area (Å²) in [6, 6.07) is 7.18. The molecule has 0 aliphatic heterocycles. The van der Waals surface area contributed by atoms with E-state index in [1.165, 1.54) is 6.07 Å². The predicted molar refractivity (Wildman–Crippen MR) is 78.3 cm³/mol. The van der Waals surface area contributed by atoms with Crippen LogP contribution < -0.4 is 5.32 Å². The van der Waals surface area contributed by atoms with Gasteiger partial charge in [-0.1, -0.05) is 29.8 Å². The van der Waals surface area contributed by atoms with Crippen LogP contribution in [0.1, 0.15) is 22.5 Å². The van der Waals surface area contributed by atoms with E-state index in [1.54, 1.807) is 0 Å². The zero-order chi connectivity index (χ0) is 17.0. The van der Waals surface area contributed by atoms with E-state index in [9.17, 15) is 18.4 Å². The van der Waals surface area contributed by atoms with Crippen LogP contribution in [0.15, 0.2) is 30.3 Å². The smallest absolute Gasteiger partial charge is 0.326 e. The summed E-state index contributed by atoms with van der Waals surface area (Å²) in [7, 11) is 0. The predicted octanol–water partition coefficient (Wildman–Crippen LogP) is 2.22. The fraction of sp³-hybridized carbons (Fsp3) is 0.267. The maximum Gasteiger partial charge on any atom is 0.326 e. The molecule has 0 aliphatic rings. The molecule has 0 fully saturated rings. The number of nitrogens with one attached hydrogen (secondary N) is 2. The monoisotopic (exact) mass is 323 g/mol. The second kappa shape index (κ2) is 6.99. The minimum atomic E-state index is -2.83. The second-order valence-electron chi connectivity index (χ2n) is 5.02. The van der Waals surface area contributed by atoms with Gasteiger partial charge in [0.05, 0.1) is 5.69 Å². The summed E-state index contributed by atoms with van der Waals surface area (Å²) in [5.41, 5.74) is 2.34. The van der Waals surface area contributed by atoms with E-state index in [-0.39, 0.29) is 5.69 Å². The highest BCUT2D eigenvalue weighted by Crippen LogP contribution is 2.18. The first-order valence-electron chi connectivity index (χ1n) is 6.81. The third-order valence-corrected chi connectivity index (χ3v) is 3.19. The number of alkyl halides is 2. The molecule has 1 heterocycles. The number of carbonyl (C=O) groups excluding carboxylic acids is 1. The molecule has 6 nitrogen and oxygen atoms in total. The lowest BCUT2D eigenvalue weighted by Gasteiger charge is -2.12. The second-order valence-corrected chi connectivity index (χ2v) is 5.02. The molecule has 0 aliphatic carbocycles. The normalized spacial score (nSPS) is 12.2. The van der Waals surface area contributed by atoms with E-state index in [0.29, 0.717) is 5.69 Å². The standard InChI is InChI=1S/C15H15F2N3O3/c1-8-2-4-9(5-3-8)10-6-11(20-19-10)14(21)18-12(15(22)23)7-13(16)17/h2-6,12-13H,7H2,1H3,(H,18,21)(H,19,20)(H,22,23). The van der Waals surface area contributed by atoms with Gasteiger partial charge in [0.25, 0.3) is 5.91 Å². The zero-order valence-electron chi connectivity index (χ0n) is 12.2. The van der Waals surface area contributed by atoms with E-state index >= 15 is 0 Å². The molecular formula is C15H15F2N3O3. The average Bonchev–Trinajstić information content (AvgIpc) is 2.96. The summed E-state index contributed by atoms with van der Waals surface area (Å²) >= 11 is 0. The van der Waals surface area contributed by atoms with Crippen molar-refractivity contribution in [2.45, 2.75) is 25.8 Å². The highest BCUT2D eigenvalue weighted by atomic mass is 19.3. The van der Waals surface area contributed by atoms with Crippen molar-refractivity contribution in [1.29, 1.82) is 0 Å². The van der Waals surface area contributed by atoms with Crippen LogP contribution in [0.2, 0.25) is 0 Å². The van der Waals surface area contributed by atoms with Crippen LogP contribution in [-0.4, -0.2) is 39.6 Å². The summed E-state index contributed by atoms with van der Waals surface area (Å²) in [4.78, 5) is 22.8. The number of aryl methyl sites for hydroxylation is 1. The molecule has 122 valence electrons. The Hall–Kier alpha value is -2.77. The molecule has 2 rings (SSSR count). The van der Waals surface area contributed by atoms with E-state index in [0.717, 1.165) is 11.1 Å². The Kier molecular flexibility index (Phi) is 5.05. The number of aliphatic carboxylic acids is 1. The number of carboxylic acids is 1. The van der Waals surface area contributed by atoms with Crippen molar-refractivity contribution in [1.82, 2.24) is 15.5 Å². The van der Waals surface area contributed by atoms with Crippen molar-refractivity contribution in [3.8, 4) is 11.3 Å². The van der Waals surface area contributed by atoms with Gasteiger partial charge in [-0.25, -0.2) is 13.6 Å². The maximum absolute atomic E-state index is 12.3. The molecule has 0 saturated carbocycles. The van der Waals surface area contributed by atoms with Gasteiger partial charge in [-0.05, 0) is 13.0 Å². The first kappa shape index (κ1) is 16.6. The number of rotatable bonds is 6. The molecule has 0 spiro atoms. The SMILES string of the molecule is Cc1ccc(-c2cc(C(=O)NC(CC(F)F)C(=O)O)[nH]n2)cc1. The minimum Gasteiger partial charge on any atom is -0.480 e. The van der Waals surface area contributed by atoms with Crippen molar-refractivity contribution < 1.29 is 23.5 Å². The number of aromatic nitrogens is 2. The van der Waals surface area contributed by atoms with Crippen molar-refractivity contribution in [3.63, 3.8) is 0 Å². The van der Waals surface area contributed by atoms with Gasteiger partial charge in [0.15, 0.2) is 0 Å². The van der Waals surface area contributed by atoms with Gasteiger partial charge < -0.3 is 10.4 Å². The number of hydrogen-bond acceptors (Lipinski definition) is 3. The molecule has 1 aromatic carbocycles. The van der Waals surface area contributed by atoms with E-state index in [1.807, 2.05) is 36.5 Å². The van der Waals surface area contributed by atoms with E-state index < -0.39 is 30.8 Å². The third-order valence-electron chi connectivity index (χ3n) is 3.19. The number of H-pyrrole nitrogens is 1. The molecule has 0 saturated heterocycles. The molecule has 8 heteroatoms. The first-order chi connectivity index (χ1) is 10.9. The Morgan fingerprint density at radius 1 is 1.30 bits per heavy atom. The van der Waals surface area contributed by atoms with Crippen molar-refractivity contribution in [2.24, 2.45) is 0 Å². The quantitative estimate of drug-likeness (QED) is 0.759. The molecule has 3 N–H and O–H groups in total. The highest BCUT2D eigenvalue weighted by molar-refractivity contribution is 5.95. The van der Waals surface area contributed by atoms with Gasteiger partial charge in [-0.15, -0.1) is 0 Å². The van der Waals surface area contributed by atoms with Crippen LogP contribution >= 0.6 is 0 Å². The molecule has 1 atom stereocenters. The molecule has 0 radical (unpaired) electrons. The number of carboxylic acid groups (broad SMARTS) is 1. The molecule has 1 amide bonds. The molecule has 23 heavy (non-hydrogen) atoms. The Morgan fingerprint density at radius 2 is 1.96 bits per heavy atom. The lowest BCUT2D eigenvalue weighted by atomic mass is 10.1. The number of carbonyl (C=O) groups is 2. The number of aromatic amines is 1. The molecular weight excluding hydrogens is 308 g/mol. The fourth-order valence-electron chi connectivity index (χ4n) is 1.95. The summed E-state index contributed by atoms with van der Waals surface area (Å²) < 4.78 is 24.6. The van der Waals surface area contributed by atoms with Gasteiger partial charge in [0.1, 0.15) is 11.7 Å². The Morgan fingerprint density at radius 3 is 2.52 bits per heavy atom. The summed E-state index contributed by atoms with van der Waals surface area (Å²) in [5.74, 6) is -2.32. The van der Waals surface area contributed by atoms with Gasteiger partial charge in [0, 0.05) is 12.0 Å². The van der Waals surface area contributed by atoms with Crippen LogP contribution in [0.5, 0.6) is 0 Å². The van der Waals surface area contributed by atoms with E-state index in [2.05, 4.69) is 10.2 Å². The molecule has 2 aromatic rings. The topological polar surface area (TPSA) is 95.1 Å². The van der Waals surface area contributed by atoms with Crippen molar-refractivity contribution in [2.75, 3.05) is 0 Å². The number of benzene rings is 1. The lowest BCUT2D eigenvalue weighted by Crippen LogP contribution is -2.42. The largest absolute Gasteiger partial charge is 0.480 e. The third kappa shape index (κ3) is 4.35. The Labute approximate surface area is 130 Å². The van der Waals surface area contributed by atoms with E-state index in [4.69, 9.17) is 5.11 Å². The molecule has 1 aromatic heterocycles. The van der Waals surface area contributed by atoms with Crippen LogP contribution in [0.3, 0.4) is 0 Å². The summed E-state index contributed by atoms with van der Waals surface area (Å²) in [6.07, 6.45) is -3.79. The fourth-order valence-corrected chi connectivity index (χ4v) is 1.95. The summed E-state index contributed by atoms with van der Waals surface area (Å²) in [6.45, 7) is 1.93. The number of amides is 1. The molecule has 1 unspecified atom stereocenters. The Bertz CT molecular complexity index is 698. The van der Waals surface area contributed by atoms with Gasteiger partial charge in [-0.3, -0.25) is 9.89 Å². The first-order valence-corrected chi connectivity index (χ1v) is 6.81. The zero-order valence-corrected chi connectivity index (χ0v) is 12.2. The number of halogens is 2. The highest BCUT2D eigenvalue weighted by Gasteiger charge is 2.25. The average molecular weight is 323 g/mol. The Balaban J connectivity index is 2.11. The minimum absolute atomic E-state index is 0.00101. The van der Waals surface area contributed by atoms with Crippen LogP contribution in [0.25, 0.3) is 11.3 Å². The lowest BCUT2D eigenvalue weighted by molar-refractivity contribution is -0.140. The van der Waals surface area contributed by atoms with Crippen LogP contribution in [-0.2, 0) is 4.79 Å².